The van der Waals surface area contributed by atoms with Gasteiger partial charge in [0.15, 0.2) is 5.13 Å². The zero-order valence-electron chi connectivity index (χ0n) is 16.6. The molecule has 0 atom stereocenters. The lowest BCUT2D eigenvalue weighted by atomic mass is 10.2. The van der Waals surface area contributed by atoms with Crippen LogP contribution in [0.4, 0.5) is 15.2 Å². The highest BCUT2D eigenvalue weighted by atomic mass is 35.5. The van der Waals surface area contributed by atoms with Crippen molar-refractivity contribution in [3.8, 4) is 11.3 Å². The van der Waals surface area contributed by atoms with Crippen molar-refractivity contribution in [2.75, 3.05) is 10.0 Å². The van der Waals surface area contributed by atoms with Gasteiger partial charge in [0.2, 0.25) is 0 Å². The molecule has 1 heterocycles. The fraction of sp³-hybridized carbons (Fsp3) is 0. The van der Waals surface area contributed by atoms with Gasteiger partial charge < -0.3 is 0 Å². The molecule has 0 aliphatic carbocycles. The monoisotopic (exact) mass is 521 g/mol. The van der Waals surface area contributed by atoms with Crippen LogP contribution in [0, 0.1) is 5.82 Å². The molecule has 0 radical (unpaired) electrons. The molecular weight excluding hydrogens is 508 g/mol. The first-order valence-corrected chi connectivity index (χ1v) is 12.4. The number of halogens is 3. The second kappa shape index (κ2) is 9.48. The van der Waals surface area contributed by atoms with Crippen LogP contribution in [0.15, 0.2) is 77.0 Å². The molecule has 1 amide bonds. The number of carbonyl (C=O) groups is 1. The van der Waals surface area contributed by atoms with Gasteiger partial charge in [-0.15, -0.1) is 11.3 Å². The molecule has 0 unspecified atom stereocenters. The van der Waals surface area contributed by atoms with Crippen LogP contribution in [0.2, 0.25) is 10.0 Å². The van der Waals surface area contributed by atoms with Crippen molar-refractivity contribution in [2.45, 2.75) is 4.90 Å². The molecule has 0 saturated heterocycles. The summed E-state index contributed by atoms with van der Waals surface area (Å²) in [5, 5.41) is 5.80. The average molecular weight is 522 g/mol. The van der Waals surface area contributed by atoms with E-state index in [9.17, 15) is 17.6 Å². The maximum absolute atomic E-state index is 13.0. The van der Waals surface area contributed by atoms with Crippen LogP contribution in [0.1, 0.15) is 10.4 Å². The zero-order chi connectivity index (χ0) is 23.6. The molecule has 33 heavy (non-hydrogen) atoms. The van der Waals surface area contributed by atoms with Crippen molar-refractivity contribution in [3.05, 3.63) is 93.5 Å². The van der Waals surface area contributed by atoms with E-state index in [1.807, 2.05) is 0 Å². The lowest BCUT2D eigenvalue weighted by molar-refractivity contribution is 0.102. The molecule has 0 saturated carbocycles. The van der Waals surface area contributed by atoms with E-state index in [0.29, 0.717) is 32.0 Å². The standard InChI is InChI=1S/C22H14Cl2FN3O3S2/c23-14-3-10-18(19(24)11-14)20-12-32-22(26-20)27-21(29)13-1-6-16(7-2-13)28-33(30,31)17-8-4-15(25)5-9-17/h1-12,28H,(H,26,27,29). The number of hydrogen-bond donors (Lipinski definition) is 2. The number of nitrogens with one attached hydrogen (secondary N) is 2. The predicted octanol–water partition coefficient (Wildman–Crippen LogP) is 6.31. The zero-order valence-corrected chi connectivity index (χ0v) is 19.7. The van der Waals surface area contributed by atoms with E-state index >= 15 is 0 Å². The third-order valence-electron chi connectivity index (χ3n) is 4.45. The lowest BCUT2D eigenvalue weighted by Crippen LogP contribution is -2.14. The van der Waals surface area contributed by atoms with Gasteiger partial charge in [-0.25, -0.2) is 17.8 Å². The summed E-state index contributed by atoms with van der Waals surface area (Å²) < 4.78 is 40.2. The molecule has 11 heteroatoms. The number of thiazole rings is 1. The van der Waals surface area contributed by atoms with Crippen molar-refractivity contribution < 1.29 is 17.6 Å². The van der Waals surface area contributed by atoms with Crippen LogP contribution < -0.4 is 10.0 Å². The van der Waals surface area contributed by atoms with Crippen LogP contribution >= 0.6 is 34.5 Å². The Kier molecular flexibility index (Phi) is 6.66. The van der Waals surface area contributed by atoms with Crippen LogP contribution in [0.3, 0.4) is 0 Å². The summed E-state index contributed by atoms with van der Waals surface area (Å²) in [7, 11) is -3.89. The van der Waals surface area contributed by atoms with Crippen LogP contribution in [-0.4, -0.2) is 19.3 Å². The largest absolute Gasteiger partial charge is 0.298 e. The minimum atomic E-state index is -3.89. The lowest BCUT2D eigenvalue weighted by Gasteiger charge is -2.09. The molecule has 2 N–H and O–H groups in total. The summed E-state index contributed by atoms with van der Waals surface area (Å²) >= 11 is 13.4. The maximum Gasteiger partial charge on any atom is 0.261 e. The molecule has 0 aliphatic rings. The molecule has 0 bridgehead atoms. The van der Waals surface area contributed by atoms with E-state index in [4.69, 9.17) is 23.2 Å². The second-order valence-electron chi connectivity index (χ2n) is 6.75. The SMILES string of the molecule is O=C(Nc1nc(-c2ccc(Cl)cc2Cl)cs1)c1ccc(NS(=O)(=O)c2ccc(F)cc2)cc1. The summed E-state index contributed by atoms with van der Waals surface area (Å²) in [5.74, 6) is -0.945. The first kappa shape index (κ1) is 23.2. The Labute approximate surface area is 203 Å². The molecule has 4 aromatic rings. The van der Waals surface area contributed by atoms with Crippen LogP contribution in [0.25, 0.3) is 11.3 Å². The van der Waals surface area contributed by atoms with Crippen molar-refractivity contribution in [1.29, 1.82) is 0 Å². The highest BCUT2D eigenvalue weighted by Crippen LogP contribution is 2.32. The number of hydrogen-bond acceptors (Lipinski definition) is 5. The van der Waals surface area contributed by atoms with Gasteiger partial charge in [0.05, 0.1) is 15.6 Å². The molecule has 3 aromatic carbocycles. The van der Waals surface area contributed by atoms with Crippen molar-refractivity contribution in [1.82, 2.24) is 4.98 Å². The Bertz CT molecular complexity index is 1420. The van der Waals surface area contributed by atoms with E-state index in [-0.39, 0.29) is 10.6 Å². The molecule has 168 valence electrons. The first-order valence-electron chi connectivity index (χ1n) is 9.32. The van der Waals surface area contributed by atoms with Crippen LogP contribution in [0.5, 0.6) is 0 Å². The average Bonchev–Trinajstić information content (AvgIpc) is 3.22. The Hall–Kier alpha value is -2.98. The smallest absolute Gasteiger partial charge is 0.261 e. The number of amides is 1. The molecule has 6 nitrogen and oxygen atoms in total. The molecule has 0 fully saturated rings. The minimum Gasteiger partial charge on any atom is -0.298 e. The van der Waals surface area contributed by atoms with Gasteiger partial charge in [0.1, 0.15) is 5.82 Å². The minimum absolute atomic E-state index is 0.0777. The summed E-state index contributed by atoms with van der Waals surface area (Å²) in [6.45, 7) is 0. The number of benzene rings is 3. The summed E-state index contributed by atoms with van der Waals surface area (Å²) in [5.41, 5.74) is 1.85. The Morgan fingerprint density at radius 1 is 0.970 bits per heavy atom. The van der Waals surface area contributed by atoms with Gasteiger partial charge in [-0.1, -0.05) is 23.2 Å². The Morgan fingerprint density at radius 2 is 1.67 bits per heavy atom. The van der Waals surface area contributed by atoms with Crippen molar-refractivity contribution in [2.24, 2.45) is 0 Å². The first-order chi connectivity index (χ1) is 15.7. The van der Waals surface area contributed by atoms with Crippen molar-refractivity contribution >= 4 is 61.3 Å². The van der Waals surface area contributed by atoms with E-state index in [1.54, 1.807) is 23.6 Å². The van der Waals surface area contributed by atoms with Gasteiger partial charge in [-0.05, 0) is 66.7 Å². The molecule has 1 aromatic heterocycles. The second-order valence-corrected chi connectivity index (χ2v) is 10.1. The van der Waals surface area contributed by atoms with E-state index < -0.39 is 21.7 Å². The quantitative estimate of drug-likeness (QED) is 0.311. The topological polar surface area (TPSA) is 88.2 Å². The number of rotatable bonds is 6. The number of carbonyl (C=O) groups excluding carboxylic acids is 1. The normalized spacial score (nSPS) is 11.2. The van der Waals surface area contributed by atoms with Gasteiger partial charge in [-0.2, -0.15) is 0 Å². The number of nitrogens with zero attached hydrogens (tertiary/aromatic N) is 1. The van der Waals surface area contributed by atoms with Gasteiger partial charge >= 0.3 is 0 Å². The van der Waals surface area contributed by atoms with E-state index in [2.05, 4.69) is 15.0 Å². The molecule has 0 aliphatic heterocycles. The molecule has 4 rings (SSSR count). The summed E-state index contributed by atoms with van der Waals surface area (Å²) in [6, 6.07) is 15.4. The number of anilines is 2. The van der Waals surface area contributed by atoms with Gasteiger partial charge in [-0.3, -0.25) is 14.8 Å². The fourth-order valence-electron chi connectivity index (χ4n) is 2.84. The Morgan fingerprint density at radius 3 is 2.33 bits per heavy atom. The van der Waals surface area contributed by atoms with Gasteiger partial charge in [0.25, 0.3) is 15.9 Å². The van der Waals surface area contributed by atoms with Gasteiger partial charge in [0, 0.05) is 27.2 Å². The number of sulfonamides is 1. The Balaban J connectivity index is 1.44. The summed E-state index contributed by atoms with van der Waals surface area (Å²) in [4.78, 5) is 16.9. The maximum atomic E-state index is 13.0. The van der Waals surface area contributed by atoms with E-state index in [0.717, 1.165) is 12.1 Å². The highest BCUT2D eigenvalue weighted by Gasteiger charge is 2.15. The van der Waals surface area contributed by atoms with Crippen molar-refractivity contribution in [3.63, 3.8) is 0 Å². The highest BCUT2D eigenvalue weighted by molar-refractivity contribution is 7.92. The molecule has 0 spiro atoms. The predicted molar refractivity (Wildman–Crippen MR) is 129 cm³/mol. The number of aromatic nitrogens is 1. The third-order valence-corrected chi connectivity index (χ3v) is 7.16. The molecular formula is C22H14Cl2FN3O3S2. The van der Waals surface area contributed by atoms with Crippen LogP contribution in [-0.2, 0) is 10.0 Å². The third kappa shape index (κ3) is 5.51. The van der Waals surface area contributed by atoms with E-state index in [1.165, 1.54) is 47.7 Å². The summed E-state index contributed by atoms with van der Waals surface area (Å²) in [6.07, 6.45) is 0. The fourth-order valence-corrected chi connectivity index (χ4v) is 5.11.